The minimum Gasteiger partial charge on any atom is -0.299 e. The molecule has 20 heavy (non-hydrogen) atoms. The quantitative estimate of drug-likeness (QED) is 0.839. The highest BCUT2D eigenvalue weighted by Crippen LogP contribution is 2.30. The van der Waals surface area contributed by atoms with Crippen LogP contribution in [0.4, 0.5) is 13.2 Å². The fourth-order valence-corrected chi connectivity index (χ4v) is 2.44. The lowest BCUT2D eigenvalue weighted by Crippen LogP contribution is -2.23. The van der Waals surface area contributed by atoms with E-state index in [9.17, 15) is 26.4 Å². The number of Topliss-reactive ketones (excluding diaryl/α,β-unsaturated/α-hetero) is 1. The minimum atomic E-state index is -5.33. The van der Waals surface area contributed by atoms with Gasteiger partial charge in [0.15, 0.2) is 0 Å². The average molecular weight is 308 g/mol. The predicted molar refractivity (Wildman–Crippen MR) is 67.8 cm³/mol. The highest BCUT2D eigenvalue weighted by atomic mass is 32.2. The first kappa shape index (κ1) is 16.7. The third kappa shape index (κ3) is 4.06. The number of rotatable bonds is 5. The van der Waals surface area contributed by atoms with Gasteiger partial charge in [0.25, 0.3) is 9.84 Å². The molecule has 0 bridgehead atoms. The molecule has 0 heterocycles. The molecular weight excluding hydrogens is 293 g/mol. The normalized spacial score (nSPS) is 12.7. The summed E-state index contributed by atoms with van der Waals surface area (Å²) in [5.74, 6) is 0.166. The predicted octanol–water partition coefficient (Wildman–Crippen LogP) is 3.14. The van der Waals surface area contributed by atoms with Crippen molar-refractivity contribution >= 4 is 15.6 Å². The Bertz CT molecular complexity index is 572. The summed E-state index contributed by atoms with van der Waals surface area (Å²) in [6.07, 6.45) is 0.465. The number of alkyl halides is 3. The molecule has 0 aliphatic heterocycles. The molecular formula is C13H15F3O3S. The van der Waals surface area contributed by atoms with Crippen molar-refractivity contribution in [2.24, 2.45) is 5.92 Å². The lowest BCUT2D eigenvalue weighted by molar-refractivity contribution is -0.119. The van der Waals surface area contributed by atoms with Crippen molar-refractivity contribution in [2.75, 3.05) is 0 Å². The lowest BCUT2D eigenvalue weighted by atomic mass is 10.0. The number of ketones is 1. The summed E-state index contributed by atoms with van der Waals surface area (Å²) in [6.45, 7) is 3.77. The maximum atomic E-state index is 12.3. The fourth-order valence-electron chi connectivity index (χ4n) is 1.68. The molecule has 0 aromatic heterocycles. The van der Waals surface area contributed by atoms with Crippen molar-refractivity contribution < 1.29 is 26.4 Å². The summed E-state index contributed by atoms with van der Waals surface area (Å²) < 4.78 is 59.3. The van der Waals surface area contributed by atoms with Crippen molar-refractivity contribution in [3.63, 3.8) is 0 Å². The number of carbonyl (C=O) groups is 1. The Morgan fingerprint density at radius 1 is 1.15 bits per heavy atom. The topological polar surface area (TPSA) is 51.2 Å². The van der Waals surface area contributed by atoms with E-state index in [-0.39, 0.29) is 18.1 Å². The number of hydrogen-bond donors (Lipinski definition) is 0. The van der Waals surface area contributed by atoms with Gasteiger partial charge in [-0.15, -0.1) is 0 Å². The van der Waals surface area contributed by atoms with Crippen molar-refractivity contribution in [1.82, 2.24) is 0 Å². The molecule has 0 aliphatic rings. The summed E-state index contributed by atoms with van der Waals surface area (Å²) in [5, 5.41) is 0. The second-order valence-electron chi connectivity index (χ2n) is 4.91. The maximum Gasteiger partial charge on any atom is 0.501 e. The van der Waals surface area contributed by atoms with Crippen LogP contribution in [-0.4, -0.2) is 19.7 Å². The summed E-state index contributed by atoms with van der Waals surface area (Å²) in [7, 11) is -5.33. The second kappa shape index (κ2) is 5.95. The third-order valence-corrected chi connectivity index (χ3v) is 4.08. The van der Waals surface area contributed by atoms with Gasteiger partial charge >= 0.3 is 5.51 Å². The van der Waals surface area contributed by atoms with Crippen LogP contribution in [0.1, 0.15) is 25.8 Å². The van der Waals surface area contributed by atoms with Gasteiger partial charge in [-0.05, 0) is 23.6 Å². The van der Waals surface area contributed by atoms with Gasteiger partial charge in [0.2, 0.25) is 0 Å². The van der Waals surface area contributed by atoms with Gasteiger partial charge in [0.1, 0.15) is 5.78 Å². The first-order valence-corrected chi connectivity index (χ1v) is 7.44. The number of carbonyl (C=O) groups excluding carboxylic acids is 1. The van der Waals surface area contributed by atoms with Crippen LogP contribution in [0, 0.1) is 5.92 Å². The molecule has 0 amide bonds. The number of benzene rings is 1. The summed E-state index contributed by atoms with van der Waals surface area (Å²) in [6, 6.07) is 4.22. The monoisotopic (exact) mass is 308 g/mol. The SMILES string of the molecule is CC(C)CC(=O)Cc1ccc(S(=O)(=O)C(F)(F)F)cc1. The van der Waals surface area contributed by atoms with Crippen LogP contribution >= 0.6 is 0 Å². The van der Waals surface area contributed by atoms with E-state index in [0.717, 1.165) is 12.1 Å². The molecule has 3 nitrogen and oxygen atoms in total. The molecule has 0 radical (unpaired) electrons. The van der Waals surface area contributed by atoms with E-state index in [4.69, 9.17) is 0 Å². The summed E-state index contributed by atoms with van der Waals surface area (Å²) in [4.78, 5) is 10.8. The van der Waals surface area contributed by atoms with Gasteiger partial charge in [-0.25, -0.2) is 8.42 Å². The van der Waals surface area contributed by atoms with Gasteiger partial charge in [0.05, 0.1) is 4.90 Å². The van der Waals surface area contributed by atoms with Gasteiger partial charge in [-0.2, -0.15) is 13.2 Å². The van der Waals surface area contributed by atoms with Gasteiger partial charge in [-0.1, -0.05) is 26.0 Å². The lowest BCUT2D eigenvalue weighted by Gasteiger charge is -2.09. The molecule has 1 rings (SSSR count). The zero-order valence-electron chi connectivity index (χ0n) is 11.1. The Morgan fingerprint density at radius 2 is 1.65 bits per heavy atom. The largest absolute Gasteiger partial charge is 0.501 e. The molecule has 0 fully saturated rings. The van der Waals surface area contributed by atoms with E-state index in [1.165, 1.54) is 12.1 Å². The Hall–Kier alpha value is -1.37. The zero-order valence-corrected chi connectivity index (χ0v) is 11.9. The molecule has 0 spiro atoms. The number of sulfone groups is 1. The molecule has 0 atom stereocenters. The molecule has 7 heteroatoms. The van der Waals surface area contributed by atoms with Crippen molar-refractivity contribution in [3.8, 4) is 0 Å². The van der Waals surface area contributed by atoms with Crippen molar-refractivity contribution in [2.45, 2.75) is 37.1 Å². The van der Waals surface area contributed by atoms with E-state index in [1.54, 1.807) is 0 Å². The Kier molecular flexibility index (Phi) is 4.96. The molecule has 1 aromatic carbocycles. The van der Waals surface area contributed by atoms with E-state index in [2.05, 4.69) is 0 Å². The minimum absolute atomic E-state index is 0.0357. The molecule has 0 N–H and O–H groups in total. The first-order chi connectivity index (χ1) is 9.04. The molecule has 0 unspecified atom stereocenters. The highest BCUT2D eigenvalue weighted by molar-refractivity contribution is 7.92. The molecule has 0 aliphatic carbocycles. The van der Waals surface area contributed by atoms with Crippen LogP contribution in [0.5, 0.6) is 0 Å². The Labute approximate surface area is 115 Å². The Balaban J connectivity index is 2.88. The van der Waals surface area contributed by atoms with Gasteiger partial charge in [-0.3, -0.25) is 4.79 Å². The number of halogens is 3. The molecule has 112 valence electrons. The van der Waals surface area contributed by atoms with E-state index >= 15 is 0 Å². The van der Waals surface area contributed by atoms with Gasteiger partial charge in [0, 0.05) is 12.8 Å². The van der Waals surface area contributed by atoms with Crippen molar-refractivity contribution in [3.05, 3.63) is 29.8 Å². The maximum absolute atomic E-state index is 12.3. The van der Waals surface area contributed by atoms with Crippen LogP contribution < -0.4 is 0 Å². The zero-order chi connectivity index (χ0) is 15.6. The summed E-state index contributed by atoms with van der Waals surface area (Å²) in [5.41, 5.74) is -4.82. The third-order valence-electron chi connectivity index (χ3n) is 2.58. The summed E-state index contributed by atoms with van der Waals surface area (Å²) >= 11 is 0. The highest BCUT2D eigenvalue weighted by Gasteiger charge is 2.46. The smallest absolute Gasteiger partial charge is 0.299 e. The molecule has 0 saturated carbocycles. The van der Waals surface area contributed by atoms with Crippen LogP contribution in [0.15, 0.2) is 29.2 Å². The molecule has 1 aromatic rings. The average Bonchev–Trinajstić information content (AvgIpc) is 2.26. The van der Waals surface area contributed by atoms with Crippen molar-refractivity contribution in [1.29, 1.82) is 0 Å². The van der Waals surface area contributed by atoms with Crippen LogP contribution in [0.3, 0.4) is 0 Å². The standard InChI is InChI=1S/C13H15F3O3S/c1-9(2)7-11(17)8-10-3-5-12(6-4-10)20(18,19)13(14,15)16/h3-6,9H,7-8H2,1-2H3. The van der Waals surface area contributed by atoms with Crippen LogP contribution in [0.25, 0.3) is 0 Å². The Morgan fingerprint density at radius 3 is 2.05 bits per heavy atom. The first-order valence-electron chi connectivity index (χ1n) is 5.96. The van der Waals surface area contributed by atoms with E-state index in [1.807, 2.05) is 13.8 Å². The number of hydrogen-bond acceptors (Lipinski definition) is 3. The molecule has 0 saturated heterocycles. The second-order valence-corrected chi connectivity index (χ2v) is 6.85. The van der Waals surface area contributed by atoms with Crippen LogP contribution in [-0.2, 0) is 21.1 Å². The van der Waals surface area contributed by atoms with Gasteiger partial charge < -0.3 is 0 Å². The fraction of sp³-hybridized carbons (Fsp3) is 0.462. The van der Waals surface area contributed by atoms with E-state index in [0.29, 0.717) is 12.0 Å². The van der Waals surface area contributed by atoms with E-state index < -0.39 is 20.2 Å². The van der Waals surface area contributed by atoms with Crippen LogP contribution in [0.2, 0.25) is 0 Å².